The Morgan fingerprint density at radius 1 is 1.27 bits per heavy atom. The minimum absolute atomic E-state index is 0.284. The van der Waals surface area contributed by atoms with Gasteiger partial charge in [-0.15, -0.1) is 0 Å². The maximum Gasteiger partial charge on any atom is 0.208 e. The Hall–Kier alpha value is -1.07. The van der Waals surface area contributed by atoms with Gasteiger partial charge in [0.05, 0.1) is 6.26 Å². The average Bonchev–Trinajstić information content (AvgIpc) is 2.14. The SMILES string of the molecule is Cc1ccc(OCCNS(C)(=O)=O)cc1. The lowest BCUT2D eigenvalue weighted by Gasteiger charge is -2.06. The molecule has 0 radical (unpaired) electrons. The first-order valence-corrected chi connectivity index (χ1v) is 6.50. The third kappa shape index (κ3) is 5.39. The highest BCUT2D eigenvalue weighted by atomic mass is 32.2. The molecule has 1 aromatic rings. The molecule has 0 amide bonds. The Morgan fingerprint density at radius 2 is 1.87 bits per heavy atom. The van der Waals surface area contributed by atoms with Crippen molar-refractivity contribution >= 4 is 10.0 Å². The Kier molecular flexibility index (Phi) is 4.11. The largest absolute Gasteiger partial charge is 0.492 e. The molecule has 0 unspecified atom stereocenters. The molecule has 84 valence electrons. The molecule has 0 spiro atoms. The lowest BCUT2D eigenvalue weighted by Crippen LogP contribution is -2.26. The number of hydrogen-bond donors (Lipinski definition) is 1. The zero-order chi connectivity index (χ0) is 11.3. The smallest absolute Gasteiger partial charge is 0.208 e. The van der Waals surface area contributed by atoms with Crippen LogP contribution in [0.5, 0.6) is 5.75 Å². The highest BCUT2D eigenvalue weighted by molar-refractivity contribution is 7.88. The maximum absolute atomic E-state index is 10.7. The molecule has 5 heteroatoms. The van der Waals surface area contributed by atoms with Gasteiger partial charge in [-0.25, -0.2) is 13.1 Å². The van der Waals surface area contributed by atoms with E-state index in [0.29, 0.717) is 6.61 Å². The van der Waals surface area contributed by atoms with E-state index in [1.807, 2.05) is 31.2 Å². The predicted molar refractivity (Wildman–Crippen MR) is 59.5 cm³/mol. The Bertz CT molecular complexity index is 397. The van der Waals surface area contributed by atoms with Gasteiger partial charge >= 0.3 is 0 Å². The van der Waals surface area contributed by atoms with Crippen LogP contribution in [0, 0.1) is 6.92 Å². The van der Waals surface area contributed by atoms with Gasteiger partial charge in [-0.3, -0.25) is 0 Å². The second kappa shape index (κ2) is 5.14. The van der Waals surface area contributed by atoms with E-state index >= 15 is 0 Å². The van der Waals surface area contributed by atoms with Crippen LogP contribution in [-0.4, -0.2) is 27.8 Å². The molecule has 1 N–H and O–H groups in total. The number of sulfonamides is 1. The number of benzene rings is 1. The first kappa shape index (κ1) is 12.0. The molecule has 0 atom stereocenters. The monoisotopic (exact) mass is 229 g/mol. The molecule has 0 aliphatic heterocycles. The van der Waals surface area contributed by atoms with Crippen molar-refractivity contribution in [2.45, 2.75) is 6.92 Å². The summed E-state index contributed by atoms with van der Waals surface area (Å²) in [5.41, 5.74) is 1.16. The van der Waals surface area contributed by atoms with Gasteiger partial charge in [0, 0.05) is 6.54 Å². The average molecular weight is 229 g/mol. The van der Waals surface area contributed by atoms with Gasteiger partial charge in [0.25, 0.3) is 0 Å². The van der Waals surface area contributed by atoms with Crippen LogP contribution in [0.25, 0.3) is 0 Å². The predicted octanol–water partition coefficient (Wildman–Crippen LogP) is 0.923. The fourth-order valence-electron chi connectivity index (χ4n) is 1.03. The summed E-state index contributed by atoms with van der Waals surface area (Å²) in [5.74, 6) is 0.746. The normalized spacial score (nSPS) is 11.3. The zero-order valence-electron chi connectivity index (χ0n) is 8.86. The summed E-state index contributed by atoms with van der Waals surface area (Å²) in [6, 6.07) is 7.60. The molecule has 0 aliphatic rings. The minimum Gasteiger partial charge on any atom is -0.492 e. The maximum atomic E-state index is 10.7. The van der Waals surface area contributed by atoms with E-state index in [9.17, 15) is 8.42 Å². The van der Waals surface area contributed by atoms with Gasteiger partial charge in [0.1, 0.15) is 12.4 Å². The van der Waals surface area contributed by atoms with Crippen LogP contribution in [0.15, 0.2) is 24.3 Å². The molecule has 4 nitrogen and oxygen atoms in total. The van der Waals surface area contributed by atoms with Crippen molar-refractivity contribution < 1.29 is 13.2 Å². The van der Waals surface area contributed by atoms with Crippen LogP contribution in [-0.2, 0) is 10.0 Å². The van der Waals surface area contributed by atoms with E-state index in [2.05, 4.69) is 4.72 Å². The van der Waals surface area contributed by atoms with Crippen molar-refractivity contribution in [1.82, 2.24) is 4.72 Å². The molecule has 0 saturated carbocycles. The van der Waals surface area contributed by atoms with Crippen molar-refractivity contribution in [3.63, 3.8) is 0 Å². The summed E-state index contributed by atoms with van der Waals surface area (Å²) < 4.78 is 29.1. The molecule has 0 fully saturated rings. The van der Waals surface area contributed by atoms with E-state index in [1.165, 1.54) is 0 Å². The lowest BCUT2D eigenvalue weighted by molar-refractivity contribution is 0.323. The highest BCUT2D eigenvalue weighted by Gasteiger charge is 1.99. The molecule has 15 heavy (non-hydrogen) atoms. The van der Waals surface area contributed by atoms with Crippen LogP contribution >= 0.6 is 0 Å². The number of aryl methyl sites for hydroxylation is 1. The highest BCUT2D eigenvalue weighted by Crippen LogP contribution is 2.10. The molecule has 0 aromatic heterocycles. The number of nitrogens with one attached hydrogen (secondary N) is 1. The number of ether oxygens (including phenoxy) is 1. The van der Waals surface area contributed by atoms with Gasteiger partial charge < -0.3 is 4.74 Å². The van der Waals surface area contributed by atoms with Crippen molar-refractivity contribution in [3.05, 3.63) is 29.8 Å². The van der Waals surface area contributed by atoms with Crippen LogP contribution < -0.4 is 9.46 Å². The summed E-state index contributed by atoms with van der Waals surface area (Å²) in [5, 5.41) is 0. The first-order valence-electron chi connectivity index (χ1n) is 4.61. The fourth-order valence-corrected chi connectivity index (χ4v) is 1.48. The van der Waals surface area contributed by atoms with E-state index in [-0.39, 0.29) is 6.54 Å². The summed E-state index contributed by atoms with van der Waals surface area (Å²) in [7, 11) is -3.12. The standard InChI is InChI=1S/C10H15NO3S/c1-9-3-5-10(6-4-9)14-8-7-11-15(2,12)13/h3-6,11H,7-8H2,1-2H3. The van der Waals surface area contributed by atoms with E-state index in [4.69, 9.17) is 4.74 Å². The molecule has 0 saturated heterocycles. The van der Waals surface area contributed by atoms with Crippen LogP contribution in [0.3, 0.4) is 0 Å². The lowest BCUT2D eigenvalue weighted by atomic mass is 10.2. The van der Waals surface area contributed by atoms with E-state index in [1.54, 1.807) is 0 Å². The molecule has 0 bridgehead atoms. The Balaban J connectivity index is 2.29. The topological polar surface area (TPSA) is 55.4 Å². The first-order chi connectivity index (χ1) is 6.97. The van der Waals surface area contributed by atoms with Gasteiger partial charge in [-0.1, -0.05) is 17.7 Å². The van der Waals surface area contributed by atoms with Gasteiger partial charge in [-0.05, 0) is 19.1 Å². The second-order valence-corrected chi connectivity index (χ2v) is 5.16. The van der Waals surface area contributed by atoms with Crippen molar-refractivity contribution in [1.29, 1.82) is 0 Å². The summed E-state index contributed by atoms with van der Waals surface area (Å²) in [6.07, 6.45) is 1.12. The van der Waals surface area contributed by atoms with Crippen LogP contribution in [0.2, 0.25) is 0 Å². The summed E-state index contributed by atoms with van der Waals surface area (Å²) in [4.78, 5) is 0. The molecule has 0 heterocycles. The zero-order valence-corrected chi connectivity index (χ0v) is 9.67. The fraction of sp³-hybridized carbons (Fsp3) is 0.400. The van der Waals surface area contributed by atoms with Gasteiger partial charge in [-0.2, -0.15) is 0 Å². The van der Waals surface area contributed by atoms with Crippen molar-refractivity contribution in [2.24, 2.45) is 0 Å². The van der Waals surface area contributed by atoms with Gasteiger partial charge in [0.2, 0.25) is 10.0 Å². The molecule has 1 aromatic carbocycles. The van der Waals surface area contributed by atoms with E-state index < -0.39 is 10.0 Å². The quantitative estimate of drug-likeness (QED) is 0.764. The van der Waals surface area contributed by atoms with Crippen LogP contribution in [0.4, 0.5) is 0 Å². The third-order valence-electron chi connectivity index (χ3n) is 1.76. The number of hydrogen-bond acceptors (Lipinski definition) is 3. The minimum atomic E-state index is -3.12. The third-order valence-corrected chi connectivity index (χ3v) is 2.48. The van der Waals surface area contributed by atoms with E-state index in [0.717, 1.165) is 17.6 Å². The Labute approximate surface area is 90.3 Å². The number of rotatable bonds is 5. The molecule has 1 rings (SSSR count). The molecule has 0 aliphatic carbocycles. The summed E-state index contributed by atoms with van der Waals surface area (Å²) >= 11 is 0. The van der Waals surface area contributed by atoms with Crippen LogP contribution in [0.1, 0.15) is 5.56 Å². The second-order valence-electron chi connectivity index (χ2n) is 3.33. The van der Waals surface area contributed by atoms with Crippen molar-refractivity contribution in [3.8, 4) is 5.75 Å². The molecular weight excluding hydrogens is 214 g/mol. The molecular formula is C10H15NO3S. The van der Waals surface area contributed by atoms with Gasteiger partial charge in [0.15, 0.2) is 0 Å². The Morgan fingerprint density at radius 3 is 2.40 bits per heavy atom. The summed E-state index contributed by atoms with van der Waals surface area (Å²) in [6.45, 7) is 2.61. The van der Waals surface area contributed by atoms with Crippen molar-refractivity contribution in [2.75, 3.05) is 19.4 Å².